The van der Waals surface area contributed by atoms with Crippen LogP contribution in [0.15, 0.2) is 54.6 Å². The fourth-order valence-corrected chi connectivity index (χ4v) is 5.23. The number of nitrogens with one attached hydrogen (secondary N) is 5. The molecule has 0 aromatic heterocycles. The summed E-state index contributed by atoms with van der Waals surface area (Å²) in [6.45, 7) is 0.0926. The average molecular weight is 654 g/mol. The Kier molecular flexibility index (Phi) is 14.3. The van der Waals surface area contributed by atoms with Crippen molar-refractivity contribution in [1.29, 1.82) is 0 Å². The van der Waals surface area contributed by atoms with E-state index in [4.69, 9.17) is 10.2 Å². The van der Waals surface area contributed by atoms with E-state index in [-0.39, 0.29) is 23.5 Å². The van der Waals surface area contributed by atoms with Crippen molar-refractivity contribution in [3.05, 3.63) is 71.3 Å². The van der Waals surface area contributed by atoms with Gasteiger partial charge in [0.2, 0.25) is 23.6 Å². The number of carbonyl (C=O) groups is 6. The van der Waals surface area contributed by atoms with Crippen molar-refractivity contribution in [3.63, 3.8) is 0 Å². The van der Waals surface area contributed by atoms with Crippen molar-refractivity contribution in [2.75, 3.05) is 26.9 Å². The summed E-state index contributed by atoms with van der Waals surface area (Å²) in [4.78, 5) is 76.9. The second-order valence-corrected chi connectivity index (χ2v) is 11.4. The van der Waals surface area contributed by atoms with Crippen LogP contribution in [0.3, 0.4) is 0 Å². The summed E-state index contributed by atoms with van der Waals surface area (Å²) in [6.07, 6.45) is 3.24. The van der Waals surface area contributed by atoms with E-state index in [9.17, 15) is 28.8 Å². The number of aliphatic hydroxyl groups is 2. The molecule has 3 atom stereocenters. The van der Waals surface area contributed by atoms with E-state index >= 15 is 0 Å². The first-order valence-corrected chi connectivity index (χ1v) is 15.5. The van der Waals surface area contributed by atoms with Gasteiger partial charge in [0.15, 0.2) is 0 Å². The first kappa shape index (κ1) is 36.6. The number of esters is 1. The van der Waals surface area contributed by atoms with Crippen LogP contribution in [0.4, 0.5) is 0 Å². The zero-order valence-corrected chi connectivity index (χ0v) is 26.5. The van der Waals surface area contributed by atoms with Crippen molar-refractivity contribution in [2.45, 2.75) is 63.2 Å². The molecular weight excluding hydrogens is 610 g/mol. The lowest BCUT2D eigenvalue weighted by molar-refractivity contribution is -0.133. The minimum atomic E-state index is -1.09. The van der Waals surface area contributed by atoms with E-state index in [0.717, 1.165) is 18.4 Å². The largest absolute Gasteiger partial charge is 0.465 e. The lowest BCUT2D eigenvalue weighted by Gasteiger charge is -2.26. The zero-order valence-electron chi connectivity index (χ0n) is 26.5. The molecule has 0 heterocycles. The topological polar surface area (TPSA) is 212 Å². The predicted octanol–water partition coefficient (Wildman–Crippen LogP) is -0.420. The van der Waals surface area contributed by atoms with Gasteiger partial charge in [-0.25, -0.2) is 4.79 Å². The van der Waals surface area contributed by atoms with Gasteiger partial charge >= 0.3 is 5.97 Å². The maximum absolute atomic E-state index is 13.5. The van der Waals surface area contributed by atoms with E-state index < -0.39 is 79.4 Å². The molecule has 1 saturated carbocycles. The van der Waals surface area contributed by atoms with Crippen LogP contribution in [-0.2, 0) is 30.3 Å². The number of ether oxygens (including phenoxy) is 1. The summed E-state index contributed by atoms with van der Waals surface area (Å²) in [5.41, 5.74) is 1.22. The number of methoxy groups -OCH3 is 1. The molecule has 254 valence electrons. The highest BCUT2D eigenvalue weighted by molar-refractivity contribution is 6.00. The lowest BCUT2D eigenvalue weighted by atomic mass is 9.96. The number of rotatable bonds is 16. The van der Waals surface area contributed by atoms with Crippen molar-refractivity contribution in [1.82, 2.24) is 26.6 Å². The monoisotopic (exact) mass is 653 g/mol. The normalized spacial score (nSPS) is 14.7. The number of aliphatic hydroxyl groups excluding tert-OH is 2. The maximum Gasteiger partial charge on any atom is 0.337 e. The number of hydrogen-bond acceptors (Lipinski definition) is 9. The van der Waals surface area contributed by atoms with E-state index in [2.05, 4.69) is 31.3 Å². The van der Waals surface area contributed by atoms with Gasteiger partial charge < -0.3 is 41.5 Å². The van der Waals surface area contributed by atoms with Gasteiger partial charge in [0.05, 0.1) is 38.5 Å². The first-order chi connectivity index (χ1) is 22.6. The first-order valence-electron chi connectivity index (χ1n) is 15.5. The summed E-state index contributed by atoms with van der Waals surface area (Å²) in [6, 6.07) is 10.7. The van der Waals surface area contributed by atoms with Crippen LogP contribution in [0.1, 0.15) is 58.9 Å². The molecule has 0 spiro atoms. The number of amides is 5. The minimum absolute atomic E-state index is 0.121. The van der Waals surface area contributed by atoms with Gasteiger partial charge in [-0.2, -0.15) is 0 Å². The van der Waals surface area contributed by atoms with Gasteiger partial charge in [-0.3, -0.25) is 24.0 Å². The van der Waals surface area contributed by atoms with Gasteiger partial charge in [-0.1, -0.05) is 43.2 Å². The number of benzene rings is 2. The molecule has 0 aliphatic heterocycles. The average Bonchev–Trinajstić information content (AvgIpc) is 3.63. The van der Waals surface area contributed by atoms with Crippen molar-refractivity contribution >= 4 is 35.5 Å². The molecule has 2 aromatic rings. The SMILES string of the molecule is COC(=O)c1ccc(C(=O)N[C@@H](Cc2ccccc2)C(=O)N[C@@H](C)C(=O)NC(C(=O)NCC(=O)NC(CO)CO)C2CCCC2)cc1. The Morgan fingerprint density at radius 3 is 2.00 bits per heavy atom. The molecule has 1 fully saturated rings. The van der Waals surface area contributed by atoms with Crippen molar-refractivity contribution in [3.8, 4) is 0 Å². The zero-order chi connectivity index (χ0) is 34.3. The van der Waals surface area contributed by atoms with E-state index in [1.165, 1.54) is 38.3 Å². The summed E-state index contributed by atoms with van der Waals surface area (Å²) in [7, 11) is 1.25. The van der Waals surface area contributed by atoms with Crippen LogP contribution in [0.5, 0.6) is 0 Å². The third-order valence-corrected chi connectivity index (χ3v) is 7.91. The molecule has 14 nitrogen and oxygen atoms in total. The Morgan fingerprint density at radius 2 is 1.40 bits per heavy atom. The number of hydrogen-bond donors (Lipinski definition) is 7. The molecule has 47 heavy (non-hydrogen) atoms. The Bertz CT molecular complexity index is 1380. The smallest absolute Gasteiger partial charge is 0.337 e. The lowest BCUT2D eigenvalue weighted by Crippen LogP contribution is -2.58. The van der Waals surface area contributed by atoms with Gasteiger partial charge in [0.25, 0.3) is 5.91 Å². The molecule has 0 radical (unpaired) electrons. The van der Waals surface area contributed by atoms with Crippen LogP contribution in [-0.4, -0.2) is 96.8 Å². The number of carbonyl (C=O) groups excluding carboxylic acids is 6. The van der Waals surface area contributed by atoms with Crippen LogP contribution < -0.4 is 26.6 Å². The minimum Gasteiger partial charge on any atom is -0.465 e. The summed E-state index contributed by atoms with van der Waals surface area (Å²) < 4.78 is 4.68. The predicted molar refractivity (Wildman–Crippen MR) is 170 cm³/mol. The van der Waals surface area contributed by atoms with Crippen LogP contribution in [0.2, 0.25) is 0 Å². The summed E-state index contributed by atoms with van der Waals surface area (Å²) in [5, 5.41) is 31.3. The maximum atomic E-state index is 13.5. The molecular formula is C33H43N5O9. The Labute approximate surface area is 273 Å². The van der Waals surface area contributed by atoms with E-state index in [1.807, 2.05) is 6.07 Å². The van der Waals surface area contributed by atoms with Gasteiger partial charge in [-0.15, -0.1) is 0 Å². The fourth-order valence-electron chi connectivity index (χ4n) is 5.23. The highest BCUT2D eigenvalue weighted by Gasteiger charge is 2.34. The van der Waals surface area contributed by atoms with Crippen LogP contribution in [0, 0.1) is 5.92 Å². The Hall–Kier alpha value is -4.82. The van der Waals surface area contributed by atoms with Gasteiger partial charge in [0.1, 0.15) is 18.1 Å². The fraction of sp³-hybridized carbons (Fsp3) is 0.455. The highest BCUT2D eigenvalue weighted by atomic mass is 16.5. The van der Waals surface area contributed by atoms with Crippen LogP contribution in [0.25, 0.3) is 0 Å². The standard InChI is InChI=1S/C33H43N5O9/c1-20(29(42)38-28(22-10-6-7-11-22)32(45)34-17-27(41)36-25(18-39)19-40)35-31(44)26(16-21-8-4-3-5-9-21)37-30(43)23-12-14-24(15-13-23)33(46)47-2/h3-5,8-9,12-15,20,22,25-26,28,39-40H,6-7,10-11,16-19H2,1-2H3,(H,34,45)(H,35,44)(H,36,41)(H,37,43)(H,38,42)/t20-,26-,28?/m0/s1. The van der Waals surface area contributed by atoms with Crippen molar-refractivity contribution in [2.24, 2.45) is 5.92 Å². The molecule has 2 aromatic carbocycles. The molecule has 3 rings (SSSR count). The molecule has 0 saturated heterocycles. The highest BCUT2D eigenvalue weighted by Crippen LogP contribution is 2.28. The quantitative estimate of drug-likeness (QED) is 0.117. The molecule has 5 amide bonds. The third kappa shape index (κ3) is 11.2. The second-order valence-electron chi connectivity index (χ2n) is 11.4. The second kappa shape index (κ2) is 18.4. The Balaban J connectivity index is 1.67. The molecule has 0 bridgehead atoms. The summed E-state index contributed by atoms with van der Waals surface area (Å²) in [5.74, 6) is -3.75. The van der Waals surface area contributed by atoms with Gasteiger partial charge in [0, 0.05) is 12.0 Å². The van der Waals surface area contributed by atoms with E-state index in [1.54, 1.807) is 24.3 Å². The summed E-state index contributed by atoms with van der Waals surface area (Å²) >= 11 is 0. The van der Waals surface area contributed by atoms with Crippen molar-refractivity contribution < 1.29 is 43.7 Å². The molecule has 1 aliphatic carbocycles. The molecule has 1 unspecified atom stereocenters. The third-order valence-electron chi connectivity index (χ3n) is 7.91. The molecule has 7 N–H and O–H groups in total. The molecule has 1 aliphatic rings. The molecule has 14 heteroatoms. The van der Waals surface area contributed by atoms with E-state index in [0.29, 0.717) is 12.8 Å². The van der Waals surface area contributed by atoms with Gasteiger partial charge in [-0.05, 0) is 55.5 Å². The van der Waals surface area contributed by atoms with Crippen LogP contribution >= 0.6 is 0 Å². The Morgan fingerprint density at radius 1 is 0.787 bits per heavy atom.